The number of aliphatic hydroxyl groups is 1. The van der Waals surface area contributed by atoms with Crippen molar-refractivity contribution in [3.05, 3.63) is 29.8 Å². The van der Waals surface area contributed by atoms with Crippen LogP contribution in [0.4, 0.5) is 10.5 Å². The number of hydrogen-bond acceptors (Lipinski definition) is 4. The molecule has 108 valence electrons. The number of primary amides is 1. The molecule has 3 amide bonds. The van der Waals surface area contributed by atoms with Crippen LogP contribution in [0.15, 0.2) is 24.3 Å². The van der Waals surface area contributed by atoms with Crippen LogP contribution in [-0.2, 0) is 4.79 Å². The van der Waals surface area contributed by atoms with Crippen molar-refractivity contribution in [2.24, 2.45) is 5.73 Å². The number of nitrogens with one attached hydrogen (secondary N) is 2. The number of rotatable bonds is 6. The van der Waals surface area contributed by atoms with E-state index in [2.05, 4.69) is 10.6 Å². The molecule has 8 heteroatoms. The van der Waals surface area contributed by atoms with E-state index >= 15 is 0 Å². The fourth-order valence-corrected chi connectivity index (χ4v) is 1.48. The van der Waals surface area contributed by atoms with Gasteiger partial charge in [-0.15, -0.1) is 0 Å². The fourth-order valence-electron chi connectivity index (χ4n) is 1.48. The molecule has 1 aromatic rings. The average molecular weight is 281 g/mol. The standard InChI is InChI=1S/C12H15N3O5/c13-12(20)14-8-3-1-7(2-4-8)10(17)15-9(5-6-16)11(18)19/h1-4,9,16H,5-6H2,(H,15,17)(H,18,19)(H3,13,14,20)/t9-/m0/s1. The van der Waals surface area contributed by atoms with Gasteiger partial charge in [0.1, 0.15) is 6.04 Å². The van der Waals surface area contributed by atoms with Crippen LogP contribution >= 0.6 is 0 Å². The van der Waals surface area contributed by atoms with Crippen LogP contribution in [0.25, 0.3) is 0 Å². The maximum atomic E-state index is 11.8. The minimum absolute atomic E-state index is 0.0810. The summed E-state index contributed by atoms with van der Waals surface area (Å²) in [5.74, 6) is -1.81. The first-order valence-electron chi connectivity index (χ1n) is 5.75. The summed E-state index contributed by atoms with van der Waals surface area (Å²) in [6.07, 6.45) is -0.0810. The van der Waals surface area contributed by atoms with Crippen LogP contribution in [0.1, 0.15) is 16.8 Å². The van der Waals surface area contributed by atoms with Gasteiger partial charge in [0.15, 0.2) is 0 Å². The minimum Gasteiger partial charge on any atom is -0.480 e. The summed E-state index contributed by atoms with van der Waals surface area (Å²) < 4.78 is 0. The second-order valence-electron chi connectivity index (χ2n) is 3.94. The Kier molecular flexibility index (Phi) is 5.48. The Morgan fingerprint density at radius 1 is 1.20 bits per heavy atom. The summed E-state index contributed by atoms with van der Waals surface area (Å²) >= 11 is 0. The molecule has 1 atom stereocenters. The van der Waals surface area contributed by atoms with E-state index in [1.54, 1.807) is 0 Å². The maximum absolute atomic E-state index is 11.8. The van der Waals surface area contributed by atoms with Crippen LogP contribution in [0.2, 0.25) is 0 Å². The number of carboxylic acids is 1. The van der Waals surface area contributed by atoms with Crippen LogP contribution < -0.4 is 16.4 Å². The molecule has 0 aromatic heterocycles. The molecule has 8 nitrogen and oxygen atoms in total. The Labute approximate surface area is 114 Å². The Hall–Kier alpha value is -2.61. The molecule has 0 aliphatic heterocycles. The van der Waals surface area contributed by atoms with Crippen molar-refractivity contribution in [2.75, 3.05) is 11.9 Å². The highest BCUT2D eigenvalue weighted by atomic mass is 16.4. The number of nitrogens with two attached hydrogens (primary N) is 1. The number of carbonyl (C=O) groups is 3. The molecule has 0 radical (unpaired) electrons. The highest BCUT2D eigenvalue weighted by Crippen LogP contribution is 2.09. The first kappa shape index (κ1) is 15.4. The molecule has 6 N–H and O–H groups in total. The summed E-state index contributed by atoms with van der Waals surface area (Å²) in [7, 11) is 0. The summed E-state index contributed by atoms with van der Waals surface area (Å²) in [6, 6.07) is 3.87. The van der Waals surface area contributed by atoms with Gasteiger partial charge in [0.2, 0.25) is 0 Å². The molecule has 0 spiro atoms. The highest BCUT2D eigenvalue weighted by molar-refractivity contribution is 5.97. The SMILES string of the molecule is NC(=O)Nc1ccc(C(=O)N[C@@H](CCO)C(=O)O)cc1. The summed E-state index contributed by atoms with van der Waals surface area (Å²) in [4.78, 5) is 33.3. The summed E-state index contributed by atoms with van der Waals surface area (Å²) in [5, 5.41) is 22.2. The molecule has 0 saturated carbocycles. The van der Waals surface area contributed by atoms with E-state index in [1.165, 1.54) is 24.3 Å². The van der Waals surface area contributed by atoms with Crippen molar-refractivity contribution >= 4 is 23.6 Å². The van der Waals surface area contributed by atoms with Crippen molar-refractivity contribution in [3.63, 3.8) is 0 Å². The fraction of sp³-hybridized carbons (Fsp3) is 0.250. The lowest BCUT2D eigenvalue weighted by atomic mass is 10.1. The largest absolute Gasteiger partial charge is 0.480 e. The zero-order valence-electron chi connectivity index (χ0n) is 10.5. The molecule has 0 fully saturated rings. The first-order chi connectivity index (χ1) is 9.43. The molecule has 0 heterocycles. The Morgan fingerprint density at radius 3 is 2.25 bits per heavy atom. The quantitative estimate of drug-likeness (QED) is 0.488. The second-order valence-corrected chi connectivity index (χ2v) is 3.94. The maximum Gasteiger partial charge on any atom is 0.326 e. The molecule has 1 rings (SSSR count). The Morgan fingerprint density at radius 2 is 1.80 bits per heavy atom. The lowest BCUT2D eigenvalue weighted by Crippen LogP contribution is -2.41. The van der Waals surface area contributed by atoms with Gasteiger partial charge in [0, 0.05) is 24.3 Å². The van der Waals surface area contributed by atoms with Crippen molar-refractivity contribution < 1.29 is 24.6 Å². The predicted octanol–water partition coefficient (Wildman–Crippen LogP) is -0.257. The van der Waals surface area contributed by atoms with E-state index in [1.807, 2.05) is 0 Å². The van der Waals surface area contributed by atoms with E-state index in [0.29, 0.717) is 5.69 Å². The number of hydrogen-bond donors (Lipinski definition) is 5. The van der Waals surface area contributed by atoms with Crippen LogP contribution in [0.5, 0.6) is 0 Å². The molecule has 20 heavy (non-hydrogen) atoms. The normalized spacial score (nSPS) is 11.4. The van der Waals surface area contributed by atoms with E-state index in [0.717, 1.165) is 0 Å². The number of carboxylic acid groups (broad SMARTS) is 1. The van der Waals surface area contributed by atoms with Crippen LogP contribution in [-0.4, -0.2) is 40.8 Å². The molecule has 0 unspecified atom stereocenters. The molecule has 1 aromatic carbocycles. The minimum atomic E-state index is -1.22. The van der Waals surface area contributed by atoms with Crippen molar-refractivity contribution in [1.82, 2.24) is 5.32 Å². The van der Waals surface area contributed by atoms with Crippen molar-refractivity contribution in [3.8, 4) is 0 Å². The first-order valence-corrected chi connectivity index (χ1v) is 5.75. The van der Waals surface area contributed by atoms with Gasteiger partial charge < -0.3 is 26.6 Å². The third-order valence-electron chi connectivity index (χ3n) is 2.44. The monoisotopic (exact) mass is 281 g/mol. The zero-order chi connectivity index (χ0) is 15.1. The van der Waals surface area contributed by atoms with E-state index in [9.17, 15) is 14.4 Å². The van der Waals surface area contributed by atoms with Crippen LogP contribution in [0, 0.1) is 0 Å². The smallest absolute Gasteiger partial charge is 0.326 e. The number of carbonyl (C=O) groups excluding carboxylic acids is 2. The highest BCUT2D eigenvalue weighted by Gasteiger charge is 2.19. The Bertz CT molecular complexity index is 500. The summed E-state index contributed by atoms with van der Waals surface area (Å²) in [6.45, 7) is -0.348. The van der Waals surface area contributed by atoms with Gasteiger partial charge in [-0.05, 0) is 24.3 Å². The number of aliphatic carboxylic acids is 1. The van der Waals surface area contributed by atoms with Gasteiger partial charge in [-0.3, -0.25) is 4.79 Å². The van der Waals surface area contributed by atoms with Crippen molar-refractivity contribution in [1.29, 1.82) is 0 Å². The van der Waals surface area contributed by atoms with Gasteiger partial charge in [0.05, 0.1) is 0 Å². The Balaban J connectivity index is 2.71. The average Bonchev–Trinajstić information content (AvgIpc) is 2.38. The van der Waals surface area contributed by atoms with Gasteiger partial charge in [-0.2, -0.15) is 0 Å². The lowest BCUT2D eigenvalue weighted by Gasteiger charge is -2.13. The van der Waals surface area contributed by atoms with Gasteiger partial charge in [0.25, 0.3) is 5.91 Å². The van der Waals surface area contributed by atoms with Gasteiger partial charge in [-0.1, -0.05) is 0 Å². The third-order valence-corrected chi connectivity index (χ3v) is 2.44. The van der Waals surface area contributed by atoms with Gasteiger partial charge >= 0.3 is 12.0 Å². The van der Waals surface area contributed by atoms with Gasteiger partial charge in [-0.25, -0.2) is 9.59 Å². The zero-order valence-corrected chi connectivity index (χ0v) is 10.5. The van der Waals surface area contributed by atoms with E-state index < -0.39 is 23.9 Å². The number of urea groups is 1. The number of aliphatic hydroxyl groups excluding tert-OH is 1. The summed E-state index contributed by atoms with van der Waals surface area (Å²) in [5.41, 5.74) is 5.58. The molecule has 0 aliphatic rings. The topological polar surface area (TPSA) is 142 Å². The number of anilines is 1. The third kappa shape index (κ3) is 4.58. The van der Waals surface area contributed by atoms with E-state index in [4.69, 9.17) is 15.9 Å². The molecular weight excluding hydrogens is 266 g/mol. The van der Waals surface area contributed by atoms with Crippen LogP contribution in [0.3, 0.4) is 0 Å². The number of benzene rings is 1. The molecule has 0 aliphatic carbocycles. The second kappa shape index (κ2) is 7.10. The number of amides is 3. The van der Waals surface area contributed by atoms with Crippen molar-refractivity contribution in [2.45, 2.75) is 12.5 Å². The molecule has 0 saturated heterocycles. The predicted molar refractivity (Wildman–Crippen MR) is 70.2 cm³/mol. The lowest BCUT2D eigenvalue weighted by molar-refractivity contribution is -0.139. The molecular formula is C12H15N3O5. The molecule has 0 bridgehead atoms. The van der Waals surface area contributed by atoms with E-state index in [-0.39, 0.29) is 18.6 Å².